The average molecular weight is 270 g/mol. The first-order valence-electron chi connectivity index (χ1n) is 7.47. The Labute approximate surface area is 117 Å². The van der Waals surface area contributed by atoms with E-state index in [-0.39, 0.29) is 12.0 Å². The molecule has 19 heavy (non-hydrogen) atoms. The second-order valence-corrected chi connectivity index (χ2v) is 7.12. The second-order valence-electron chi connectivity index (χ2n) is 7.12. The molecule has 0 aromatic heterocycles. The van der Waals surface area contributed by atoms with Gasteiger partial charge in [-0.05, 0) is 24.2 Å². The number of nitrogens with zero attached hydrogens (tertiary/aromatic N) is 1. The zero-order valence-corrected chi connectivity index (χ0v) is 12.9. The monoisotopic (exact) mass is 270 g/mol. The Morgan fingerprint density at radius 2 is 2.05 bits per heavy atom. The fourth-order valence-corrected chi connectivity index (χ4v) is 2.84. The van der Waals surface area contributed by atoms with E-state index in [1.807, 2.05) is 0 Å². The molecule has 0 saturated carbocycles. The van der Waals surface area contributed by atoms with Crippen molar-refractivity contribution in [2.24, 2.45) is 11.3 Å². The summed E-state index contributed by atoms with van der Waals surface area (Å²) < 4.78 is 0. The van der Waals surface area contributed by atoms with Crippen LogP contribution < -0.4 is 5.32 Å². The minimum absolute atomic E-state index is 0.175. The van der Waals surface area contributed by atoms with Crippen LogP contribution in [0.2, 0.25) is 0 Å². The van der Waals surface area contributed by atoms with Crippen LogP contribution in [0, 0.1) is 11.3 Å². The van der Waals surface area contributed by atoms with E-state index >= 15 is 0 Å². The minimum Gasteiger partial charge on any atom is -0.480 e. The molecule has 2 atom stereocenters. The molecule has 0 aliphatic carbocycles. The van der Waals surface area contributed by atoms with Gasteiger partial charge in [0.1, 0.15) is 0 Å². The van der Waals surface area contributed by atoms with Gasteiger partial charge in [-0.25, -0.2) is 0 Å². The number of carboxylic acid groups (broad SMARTS) is 1. The van der Waals surface area contributed by atoms with Gasteiger partial charge in [-0.3, -0.25) is 9.69 Å². The molecule has 4 nitrogen and oxygen atoms in total. The van der Waals surface area contributed by atoms with Gasteiger partial charge in [-0.2, -0.15) is 0 Å². The molecule has 1 rings (SSSR count). The number of aliphatic carboxylic acids is 1. The molecule has 1 saturated heterocycles. The van der Waals surface area contributed by atoms with Crippen LogP contribution in [-0.2, 0) is 4.79 Å². The molecule has 0 radical (unpaired) electrons. The van der Waals surface area contributed by atoms with Gasteiger partial charge >= 0.3 is 5.97 Å². The van der Waals surface area contributed by atoms with Crippen LogP contribution in [-0.4, -0.2) is 48.2 Å². The van der Waals surface area contributed by atoms with Crippen molar-refractivity contribution in [2.45, 2.75) is 53.0 Å². The molecule has 4 heteroatoms. The van der Waals surface area contributed by atoms with Crippen LogP contribution in [0.25, 0.3) is 0 Å². The van der Waals surface area contributed by atoms with E-state index in [0.29, 0.717) is 12.0 Å². The highest BCUT2D eigenvalue weighted by atomic mass is 16.4. The molecule has 2 N–H and O–H groups in total. The zero-order chi connectivity index (χ0) is 14.5. The van der Waals surface area contributed by atoms with E-state index in [0.717, 1.165) is 19.6 Å². The summed E-state index contributed by atoms with van der Waals surface area (Å²) in [5.74, 6) is -0.0812. The van der Waals surface area contributed by atoms with Crippen molar-refractivity contribution >= 4 is 5.97 Å². The number of nitrogens with one attached hydrogen (secondary N) is 1. The molecule has 0 aromatic carbocycles. The van der Waals surface area contributed by atoms with Crippen molar-refractivity contribution in [3.05, 3.63) is 0 Å². The predicted octanol–water partition coefficient (Wildman–Crippen LogP) is 2.20. The second kappa shape index (κ2) is 7.25. The van der Waals surface area contributed by atoms with E-state index in [1.54, 1.807) is 0 Å². The third-order valence-corrected chi connectivity index (χ3v) is 3.59. The molecule has 1 aliphatic rings. The Kier molecular flexibility index (Phi) is 6.27. The summed E-state index contributed by atoms with van der Waals surface area (Å²) in [4.78, 5) is 13.0. The molecule has 112 valence electrons. The maximum Gasteiger partial charge on any atom is 0.317 e. The molecular weight excluding hydrogens is 240 g/mol. The van der Waals surface area contributed by atoms with Gasteiger partial charge < -0.3 is 10.4 Å². The Balaban J connectivity index is 2.51. The van der Waals surface area contributed by atoms with Crippen LogP contribution in [0.15, 0.2) is 0 Å². The number of carbonyl (C=O) groups is 1. The van der Waals surface area contributed by atoms with Crippen molar-refractivity contribution in [3.8, 4) is 0 Å². The molecule has 0 spiro atoms. The van der Waals surface area contributed by atoms with Crippen molar-refractivity contribution in [1.29, 1.82) is 0 Å². The predicted molar refractivity (Wildman–Crippen MR) is 78.3 cm³/mol. The van der Waals surface area contributed by atoms with Gasteiger partial charge in [-0.1, -0.05) is 34.1 Å². The van der Waals surface area contributed by atoms with Crippen molar-refractivity contribution < 1.29 is 9.90 Å². The topological polar surface area (TPSA) is 52.6 Å². The summed E-state index contributed by atoms with van der Waals surface area (Å²) in [6.45, 7) is 11.8. The van der Waals surface area contributed by atoms with Crippen LogP contribution in [0.1, 0.15) is 47.0 Å². The van der Waals surface area contributed by atoms with Gasteiger partial charge in [0.15, 0.2) is 0 Å². The Morgan fingerprint density at radius 1 is 1.37 bits per heavy atom. The summed E-state index contributed by atoms with van der Waals surface area (Å²) in [7, 11) is 0. The molecular formula is C15H30N2O2. The number of hydrogen-bond acceptors (Lipinski definition) is 3. The lowest BCUT2D eigenvalue weighted by Gasteiger charge is -2.38. The SMILES string of the molecule is CCCC1CC(NCC(C)(C)C)CN(CC(=O)O)C1. The Bertz CT molecular complexity index is 286. The lowest BCUT2D eigenvalue weighted by Crippen LogP contribution is -2.51. The van der Waals surface area contributed by atoms with E-state index < -0.39 is 5.97 Å². The van der Waals surface area contributed by atoms with Gasteiger partial charge in [0.25, 0.3) is 0 Å². The van der Waals surface area contributed by atoms with Crippen LogP contribution in [0.5, 0.6) is 0 Å². The Morgan fingerprint density at radius 3 is 2.58 bits per heavy atom. The largest absolute Gasteiger partial charge is 0.480 e. The summed E-state index contributed by atoms with van der Waals surface area (Å²) >= 11 is 0. The maximum atomic E-state index is 10.9. The fraction of sp³-hybridized carbons (Fsp3) is 0.933. The molecule has 0 aromatic rings. The number of rotatable bonds is 6. The van der Waals surface area contributed by atoms with Gasteiger partial charge in [0.2, 0.25) is 0 Å². The lowest BCUT2D eigenvalue weighted by molar-refractivity contribution is -0.138. The van der Waals surface area contributed by atoms with Crippen LogP contribution in [0.3, 0.4) is 0 Å². The van der Waals surface area contributed by atoms with Crippen LogP contribution in [0.4, 0.5) is 0 Å². The summed E-state index contributed by atoms with van der Waals surface area (Å²) in [5, 5.41) is 12.6. The van der Waals surface area contributed by atoms with E-state index in [4.69, 9.17) is 5.11 Å². The molecule has 0 amide bonds. The first-order valence-corrected chi connectivity index (χ1v) is 7.47. The van der Waals surface area contributed by atoms with Crippen molar-refractivity contribution in [2.75, 3.05) is 26.2 Å². The molecule has 1 heterocycles. The molecule has 2 unspecified atom stereocenters. The number of carboxylic acids is 1. The molecule has 0 bridgehead atoms. The third-order valence-electron chi connectivity index (χ3n) is 3.59. The average Bonchev–Trinajstić information content (AvgIpc) is 2.24. The van der Waals surface area contributed by atoms with E-state index in [1.165, 1.54) is 19.3 Å². The van der Waals surface area contributed by atoms with Gasteiger partial charge in [0.05, 0.1) is 6.54 Å². The quantitative estimate of drug-likeness (QED) is 0.777. The molecule has 1 aliphatic heterocycles. The van der Waals surface area contributed by atoms with Crippen molar-refractivity contribution in [1.82, 2.24) is 10.2 Å². The standard InChI is InChI=1S/C15H30N2O2/c1-5-6-12-7-13(16-11-15(2,3)4)9-17(8-12)10-14(18)19/h12-13,16H,5-11H2,1-4H3,(H,18,19). The van der Waals surface area contributed by atoms with Gasteiger partial charge in [-0.15, -0.1) is 0 Å². The number of likely N-dealkylation sites (tertiary alicyclic amines) is 1. The highest BCUT2D eigenvalue weighted by Crippen LogP contribution is 2.22. The van der Waals surface area contributed by atoms with E-state index in [9.17, 15) is 4.79 Å². The minimum atomic E-state index is -0.716. The number of hydrogen-bond donors (Lipinski definition) is 2. The Hall–Kier alpha value is -0.610. The maximum absolute atomic E-state index is 10.9. The van der Waals surface area contributed by atoms with E-state index in [2.05, 4.69) is 37.9 Å². The number of piperidine rings is 1. The zero-order valence-electron chi connectivity index (χ0n) is 12.9. The smallest absolute Gasteiger partial charge is 0.317 e. The van der Waals surface area contributed by atoms with Gasteiger partial charge in [0, 0.05) is 25.7 Å². The molecule has 1 fully saturated rings. The normalized spacial score (nSPS) is 25.5. The van der Waals surface area contributed by atoms with Crippen molar-refractivity contribution in [3.63, 3.8) is 0 Å². The first kappa shape index (κ1) is 16.4. The highest BCUT2D eigenvalue weighted by Gasteiger charge is 2.28. The first-order chi connectivity index (χ1) is 8.80. The summed E-state index contributed by atoms with van der Waals surface area (Å²) in [5.41, 5.74) is 0.273. The lowest BCUT2D eigenvalue weighted by atomic mass is 9.89. The third kappa shape index (κ3) is 6.92. The fourth-order valence-electron chi connectivity index (χ4n) is 2.84. The van der Waals surface area contributed by atoms with Crippen LogP contribution >= 0.6 is 0 Å². The summed E-state index contributed by atoms with van der Waals surface area (Å²) in [6.07, 6.45) is 3.56. The highest BCUT2D eigenvalue weighted by molar-refractivity contribution is 5.69. The summed E-state index contributed by atoms with van der Waals surface area (Å²) in [6, 6.07) is 0.434.